The van der Waals surface area contributed by atoms with Crippen LogP contribution in [0.2, 0.25) is 5.02 Å². The molecule has 0 radical (unpaired) electrons. The van der Waals surface area contributed by atoms with E-state index < -0.39 is 11.7 Å². The molecule has 0 bridgehead atoms. The number of nitrogens with one attached hydrogen (secondary N) is 2. The molecular weight excluding hydrogens is 397 g/mol. The van der Waals surface area contributed by atoms with E-state index in [0.29, 0.717) is 6.61 Å². The summed E-state index contributed by atoms with van der Waals surface area (Å²) in [5.74, 6) is 0.817. The predicted molar refractivity (Wildman–Crippen MR) is 107 cm³/mol. The monoisotopic (exact) mass is 416 g/mol. The molecular formula is C19H20ClF3N2OS. The Hall–Kier alpha value is -1.99. The maximum absolute atomic E-state index is 12.9. The van der Waals surface area contributed by atoms with Gasteiger partial charge in [0.15, 0.2) is 5.11 Å². The highest BCUT2D eigenvalue weighted by atomic mass is 35.5. The number of alkyl halides is 3. The molecule has 0 aliphatic heterocycles. The zero-order chi connectivity index (χ0) is 20.2. The van der Waals surface area contributed by atoms with E-state index in [4.69, 9.17) is 28.6 Å². The van der Waals surface area contributed by atoms with Crippen molar-refractivity contribution in [2.75, 3.05) is 11.9 Å². The van der Waals surface area contributed by atoms with Crippen molar-refractivity contribution < 1.29 is 17.9 Å². The Kier molecular flexibility index (Phi) is 6.95. The van der Waals surface area contributed by atoms with Gasteiger partial charge in [-0.25, -0.2) is 0 Å². The van der Waals surface area contributed by atoms with Gasteiger partial charge in [-0.2, -0.15) is 13.2 Å². The largest absolute Gasteiger partial charge is 0.491 e. The summed E-state index contributed by atoms with van der Waals surface area (Å²) in [4.78, 5) is 0. The summed E-state index contributed by atoms with van der Waals surface area (Å²) in [6.07, 6.45) is -4.53. The van der Waals surface area contributed by atoms with E-state index in [2.05, 4.69) is 10.6 Å². The van der Waals surface area contributed by atoms with Crippen LogP contribution >= 0.6 is 23.8 Å². The number of aryl methyl sites for hydroxylation is 2. The molecule has 2 rings (SSSR count). The average Bonchev–Trinajstić information content (AvgIpc) is 2.55. The highest BCUT2D eigenvalue weighted by Crippen LogP contribution is 2.36. The summed E-state index contributed by atoms with van der Waals surface area (Å²) in [5, 5.41) is 5.57. The Morgan fingerprint density at radius 3 is 2.41 bits per heavy atom. The van der Waals surface area contributed by atoms with Gasteiger partial charge in [0.2, 0.25) is 0 Å². The van der Waals surface area contributed by atoms with Crippen LogP contribution in [-0.2, 0) is 6.18 Å². The number of hydrogen-bond acceptors (Lipinski definition) is 2. The third-order valence-electron chi connectivity index (χ3n) is 3.79. The average molecular weight is 417 g/mol. The molecule has 27 heavy (non-hydrogen) atoms. The molecule has 0 saturated carbocycles. The topological polar surface area (TPSA) is 33.3 Å². The van der Waals surface area contributed by atoms with E-state index >= 15 is 0 Å². The number of benzene rings is 2. The van der Waals surface area contributed by atoms with Crippen LogP contribution in [0.3, 0.4) is 0 Å². The fourth-order valence-electron chi connectivity index (χ4n) is 2.49. The lowest BCUT2D eigenvalue weighted by Crippen LogP contribution is -2.39. The standard InChI is InChI=1S/C19H20ClF3N2OS/c1-11-5-4-6-12(2)17(11)26-10-13(3)24-18(27)25-14-7-8-16(20)15(9-14)19(21,22)23/h4-9,13H,10H2,1-3H3,(H2,24,25,27). The summed E-state index contributed by atoms with van der Waals surface area (Å²) < 4.78 is 44.6. The van der Waals surface area contributed by atoms with E-state index in [0.717, 1.165) is 22.9 Å². The lowest BCUT2D eigenvalue weighted by molar-refractivity contribution is -0.137. The highest BCUT2D eigenvalue weighted by molar-refractivity contribution is 7.80. The van der Waals surface area contributed by atoms with Crippen molar-refractivity contribution in [3.05, 3.63) is 58.1 Å². The Balaban J connectivity index is 1.94. The van der Waals surface area contributed by atoms with Crippen molar-refractivity contribution in [3.8, 4) is 5.75 Å². The molecule has 0 saturated heterocycles. The first kappa shape index (κ1) is 21.3. The Morgan fingerprint density at radius 1 is 1.19 bits per heavy atom. The number of halogens is 4. The van der Waals surface area contributed by atoms with Gasteiger partial charge in [-0.3, -0.25) is 0 Å². The molecule has 146 valence electrons. The molecule has 2 aromatic rings. The van der Waals surface area contributed by atoms with Gasteiger partial charge in [-0.05, 0) is 62.3 Å². The summed E-state index contributed by atoms with van der Waals surface area (Å²) in [6.45, 7) is 6.14. The molecule has 2 N–H and O–H groups in total. The van der Waals surface area contributed by atoms with Gasteiger partial charge in [0, 0.05) is 5.69 Å². The van der Waals surface area contributed by atoms with Gasteiger partial charge < -0.3 is 15.4 Å². The second-order valence-corrected chi connectivity index (χ2v) is 7.04. The number of anilines is 1. The molecule has 8 heteroatoms. The molecule has 1 unspecified atom stereocenters. The van der Waals surface area contributed by atoms with Crippen LogP contribution in [0, 0.1) is 13.8 Å². The normalized spacial score (nSPS) is 12.4. The van der Waals surface area contributed by atoms with Crippen LogP contribution in [-0.4, -0.2) is 17.8 Å². The summed E-state index contributed by atoms with van der Waals surface area (Å²) in [6, 6.07) is 9.27. The van der Waals surface area contributed by atoms with Crippen molar-refractivity contribution in [1.29, 1.82) is 0 Å². The van der Waals surface area contributed by atoms with Crippen LogP contribution in [0.5, 0.6) is 5.75 Å². The van der Waals surface area contributed by atoms with E-state index in [1.807, 2.05) is 39.0 Å². The fraction of sp³-hybridized carbons (Fsp3) is 0.316. The maximum Gasteiger partial charge on any atom is 0.417 e. The third-order valence-corrected chi connectivity index (χ3v) is 4.34. The molecule has 0 aliphatic rings. The molecule has 0 aromatic heterocycles. The zero-order valence-electron chi connectivity index (χ0n) is 15.1. The summed E-state index contributed by atoms with van der Waals surface area (Å²) >= 11 is 10.8. The molecule has 3 nitrogen and oxygen atoms in total. The van der Waals surface area contributed by atoms with Crippen LogP contribution in [0.25, 0.3) is 0 Å². The highest BCUT2D eigenvalue weighted by Gasteiger charge is 2.33. The molecule has 0 fully saturated rings. The number of rotatable bonds is 5. The number of ether oxygens (including phenoxy) is 1. The third kappa shape index (κ3) is 6.01. The van der Waals surface area contributed by atoms with Gasteiger partial charge in [-0.1, -0.05) is 29.8 Å². The van der Waals surface area contributed by atoms with Crippen LogP contribution in [0.15, 0.2) is 36.4 Å². The first-order chi connectivity index (χ1) is 12.6. The predicted octanol–water partition coefficient (Wildman–Crippen LogP) is 5.73. The van der Waals surface area contributed by atoms with E-state index in [1.54, 1.807) is 0 Å². The van der Waals surface area contributed by atoms with Gasteiger partial charge in [0.1, 0.15) is 12.4 Å². The van der Waals surface area contributed by atoms with Crippen molar-refractivity contribution in [2.45, 2.75) is 33.0 Å². The first-order valence-electron chi connectivity index (χ1n) is 8.21. The van der Waals surface area contributed by atoms with Crippen molar-refractivity contribution in [3.63, 3.8) is 0 Å². The minimum absolute atomic E-state index is 0.154. The SMILES string of the molecule is Cc1cccc(C)c1OCC(C)NC(=S)Nc1ccc(Cl)c(C(F)(F)F)c1. The number of hydrogen-bond donors (Lipinski definition) is 2. The van der Waals surface area contributed by atoms with Crippen molar-refractivity contribution in [1.82, 2.24) is 5.32 Å². The molecule has 2 aromatic carbocycles. The quantitative estimate of drug-likeness (QED) is 0.610. The van der Waals surface area contributed by atoms with Gasteiger partial charge in [0.05, 0.1) is 16.6 Å². The van der Waals surface area contributed by atoms with Crippen LogP contribution in [0.1, 0.15) is 23.6 Å². The van der Waals surface area contributed by atoms with Gasteiger partial charge in [-0.15, -0.1) is 0 Å². The lowest BCUT2D eigenvalue weighted by Gasteiger charge is -2.20. The maximum atomic E-state index is 12.9. The van der Waals surface area contributed by atoms with Gasteiger partial charge in [0.25, 0.3) is 0 Å². The molecule has 0 spiro atoms. The Bertz CT molecular complexity index is 807. The summed E-state index contributed by atoms with van der Waals surface area (Å²) in [5.41, 5.74) is 1.35. The molecule has 1 atom stereocenters. The Morgan fingerprint density at radius 2 is 1.81 bits per heavy atom. The minimum atomic E-state index is -4.53. The van der Waals surface area contributed by atoms with Gasteiger partial charge >= 0.3 is 6.18 Å². The first-order valence-corrected chi connectivity index (χ1v) is 9.00. The van der Waals surface area contributed by atoms with Crippen molar-refractivity contribution in [2.24, 2.45) is 0 Å². The van der Waals surface area contributed by atoms with Crippen LogP contribution in [0.4, 0.5) is 18.9 Å². The second kappa shape index (κ2) is 8.80. The molecule has 0 heterocycles. The second-order valence-electron chi connectivity index (χ2n) is 6.22. The van der Waals surface area contributed by atoms with Crippen molar-refractivity contribution >= 4 is 34.6 Å². The zero-order valence-corrected chi connectivity index (χ0v) is 16.6. The fourth-order valence-corrected chi connectivity index (χ4v) is 3.03. The summed E-state index contributed by atoms with van der Waals surface area (Å²) in [7, 11) is 0. The Labute approximate surface area is 166 Å². The van der Waals surface area contributed by atoms with Crippen LogP contribution < -0.4 is 15.4 Å². The molecule has 0 aliphatic carbocycles. The smallest absolute Gasteiger partial charge is 0.417 e. The van der Waals surface area contributed by atoms with E-state index in [1.165, 1.54) is 12.1 Å². The van der Waals surface area contributed by atoms with E-state index in [9.17, 15) is 13.2 Å². The number of para-hydroxylation sites is 1. The minimum Gasteiger partial charge on any atom is -0.491 e. The molecule has 0 amide bonds. The van der Waals surface area contributed by atoms with E-state index in [-0.39, 0.29) is 21.9 Å². The number of thiocarbonyl (C=S) groups is 1. The lowest BCUT2D eigenvalue weighted by atomic mass is 10.1.